The van der Waals surface area contributed by atoms with Crippen molar-refractivity contribution in [2.24, 2.45) is 0 Å². The molecule has 1 aliphatic heterocycles. The molecule has 2 atom stereocenters. The molecule has 3 aromatic rings. The van der Waals surface area contributed by atoms with Gasteiger partial charge in [-0.1, -0.05) is 41.9 Å². The van der Waals surface area contributed by atoms with Crippen LogP contribution in [0.25, 0.3) is 11.1 Å². The molecule has 5 rings (SSSR count). The molecular formula is C29H29ClF2N4O4. The first-order chi connectivity index (χ1) is 19.3. The van der Waals surface area contributed by atoms with Gasteiger partial charge in [0.15, 0.2) is 11.5 Å². The Kier molecular flexibility index (Phi) is 8.16. The van der Waals surface area contributed by atoms with Crippen LogP contribution >= 0.6 is 11.6 Å². The minimum atomic E-state index is -1.42. The Hall–Kier alpha value is -3.79. The van der Waals surface area contributed by atoms with Gasteiger partial charge < -0.3 is 15.0 Å². The summed E-state index contributed by atoms with van der Waals surface area (Å²) in [6, 6.07) is 10.1. The van der Waals surface area contributed by atoms with Crippen molar-refractivity contribution in [1.82, 2.24) is 14.7 Å². The maximum atomic E-state index is 15.4. The third-order valence-corrected chi connectivity index (χ3v) is 7.63. The summed E-state index contributed by atoms with van der Waals surface area (Å²) in [5.41, 5.74) is 2.30. The lowest BCUT2D eigenvalue weighted by molar-refractivity contribution is -0.137. The van der Waals surface area contributed by atoms with E-state index in [0.29, 0.717) is 23.4 Å². The van der Waals surface area contributed by atoms with Gasteiger partial charge in [-0.3, -0.25) is 14.3 Å². The minimum absolute atomic E-state index is 0.0997. The Bertz CT molecular complexity index is 1460. The molecule has 11 heteroatoms. The van der Waals surface area contributed by atoms with Crippen molar-refractivity contribution in [3.05, 3.63) is 70.3 Å². The fourth-order valence-corrected chi connectivity index (χ4v) is 5.66. The second-order valence-corrected chi connectivity index (χ2v) is 10.3. The second kappa shape index (κ2) is 11.8. The summed E-state index contributed by atoms with van der Waals surface area (Å²) in [5, 5.41) is 7.26. The molecule has 0 unspecified atom stereocenters. The Labute approximate surface area is 235 Å². The molecule has 2 heterocycles. The second-order valence-electron chi connectivity index (χ2n) is 9.89. The number of halogens is 3. The molecule has 1 saturated heterocycles. The topological polar surface area (TPSA) is 93.5 Å². The summed E-state index contributed by atoms with van der Waals surface area (Å²) in [7, 11) is 0. The molecule has 1 aliphatic carbocycles. The number of ether oxygens (including phenoxy) is 1. The zero-order valence-electron chi connectivity index (χ0n) is 22.0. The number of amides is 2. The fraction of sp³-hybridized carbons (Fsp3) is 0.379. The lowest BCUT2D eigenvalue weighted by atomic mass is 9.95. The number of anilines is 1. The first-order valence-electron chi connectivity index (χ1n) is 13.3. The van der Waals surface area contributed by atoms with Gasteiger partial charge in [-0.05, 0) is 44.7 Å². The number of nitrogens with zero attached hydrogens (tertiary/aromatic N) is 3. The monoisotopic (exact) mass is 570 g/mol. The highest BCUT2D eigenvalue weighted by Gasteiger charge is 2.40. The van der Waals surface area contributed by atoms with Crippen molar-refractivity contribution in [3.63, 3.8) is 0 Å². The first-order valence-corrected chi connectivity index (χ1v) is 13.7. The molecule has 210 valence electrons. The zero-order chi connectivity index (χ0) is 28.4. The number of aromatic nitrogens is 2. The van der Waals surface area contributed by atoms with E-state index in [1.807, 2.05) is 0 Å². The van der Waals surface area contributed by atoms with Gasteiger partial charge in [0.25, 0.3) is 0 Å². The SMILES string of the molecule is CCOC(=O)c1nn(CC(=O)N2C[C@H](F)C[C@H]2C(=O)Nc2cccc(-c3ccccc3Cl)c2F)c2c1CCCC2. The van der Waals surface area contributed by atoms with E-state index in [2.05, 4.69) is 10.4 Å². The zero-order valence-corrected chi connectivity index (χ0v) is 22.7. The van der Waals surface area contributed by atoms with Crippen LogP contribution in [0.3, 0.4) is 0 Å². The van der Waals surface area contributed by atoms with E-state index in [1.54, 1.807) is 43.3 Å². The molecule has 0 radical (unpaired) electrons. The average molecular weight is 571 g/mol. The van der Waals surface area contributed by atoms with Crippen molar-refractivity contribution in [1.29, 1.82) is 0 Å². The van der Waals surface area contributed by atoms with E-state index in [0.717, 1.165) is 29.0 Å². The van der Waals surface area contributed by atoms with Gasteiger partial charge in [-0.25, -0.2) is 13.6 Å². The quantitative estimate of drug-likeness (QED) is 0.405. The molecule has 2 aliphatic rings. The summed E-state index contributed by atoms with van der Waals surface area (Å²) in [5.74, 6) is -2.45. The van der Waals surface area contributed by atoms with Crippen molar-refractivity contribution in [3.8, 4) is 11.1 Å². The van der Waals surface area contributed by atoms with Gasteiger partial charge in [0.05, 0.1) is 18.8 Å². The summed E-state index contributed by atoms with van der Waals surface area (Å²) in [6.45, 7) is 1.38. The maximum absolute atomic E-state index is 15.4. The van der Waals surface area contributed by atoms with Crippen LogP contribution in [0, 0.1) is 5.82 Å². The number of alkyl halides is 1. The van der Waals surface area contributed by atoms with Crippen LogP contribution in [-0.2, 0) is 33.7 Å². The number of rotatable bonds is 7. The van der Waals surface area contributed by atoms with Crippen LogP contribution in [-0.4, -0.2) is 57.8 Å². The Balaban J connectivity index is 1.35. The molecule has 8 nitrogen and oxygen atoms in total. The molecule has 0 bridgehead atoms. The molecule has 1 fully saturated rings. The van der Waals surface area contributed by atoms with Crippen LogP contribution in [0.1, 0.15) is 47.9 Å². The molecular weight excluding hydrogens is 542 g/mol. The van der Waals surface area contributed by atoms with Crippen molar-refractivity contribution < 1.29 is 27.9 Å². The molecule has 2 aromatic carbocycles. The van der Waals surface area contributed by atoms with Crippen LogP contribution in [0.5, 0.6) is 0 Å². The minimum Gasteiger partial charge on any atom is -0.461 e. The third-order valence-electron chi connectivity index (χ3n) is 7.30. The van der Waals surface area contributed by atoms with E-state index < -0.39 is 35.8 Å². The Morgan fingerprint density at radius 1 is 1.10 bits per heavy atom. The smallest absolute Gasteiger partial charge is 0.359 e. The average Bonchev–Trinajstić information content (AvgIpc) is 3.51. The van der Waals surface area contributed by atoms with E-state index >= 15 is 4.39 Å². The van der Waals surface area contributed by atoms with E-state index in [9.17, 15) is 18.8 Å². The van der Waals surface area contributed by atoms with Gasteiger partial charge in [0.1, 0.15) is 18.8 Å². The maximum Gasteiger partial charge on any atom is 0.359 e. The lowest BCUT2D eigenvalue weighted by Gasteiger charge is -2.24. The highest BCUT2D eigenvalue weighted by molar-refractivity contribution is 6.33. The summed E-state index contributed by atoms with van der Waals surface area (Å²) >= 11 is 6.24. The normalized spacial score (nSPS) is 18.4. The van der Waals surface area contributed by atoms with Crippen molar-refractivity contribution >= 4 is 35.1 Å². The van der Waals surface area contributed by atoms with Crippen LogP contribution in [0.2, 0.25) is 5.02 Å². The van der Waals surface area contributed by atoms with Crippen LogP contribution < -0.4 is 5.32 Å². The predicted octanol–water partition coefficient (Wildman–Crippen LogP) is 4.98. The largest absolute Gasteiger partial charge is 0.461 e. The van der Waals surface area contributed by atoms with Crippen LogP contribution in [0.15, 0.2) is 42.5 Å². The molecule has 1 aromatic heterocycles. The number of carbonyl (C=O) groups is 3. The molecule has 0 saturated carbocycles. The summed E-state index contributed by atoms with van der Waals surface area (Å²) in [4.78, 5) is 40.2. The standard InChI is InChI=1S/C29H29ClF2N4O4/c1-2-40-29(39)27-20-9-4-6-13-23(20)36(34-27)16-25(37)35-15-17(31)14-24(35)28(38)33-22-12-7-10-19(26(22)32)18-8-3-5-11-21(18)30/h3,5,7-8,10-12,17,24H,2,4,6,9,13-16H2,1H3,(H,33,38)/t17-,24+/m1/s1. The van der Waals surface area contributed by atoms with Crippen molar-refractivity contribution in [2.75, 3.05) is 18.5 Å². The van der Waals surface area contributed by atoms with Crippen molar-refractivity contribution in [2.45, 2.75) is 57.8 Å². The van der Waals surface area contributed by atoms with Gasteiger partial charge in [-0.2, -0.15) is 5.10 Å². The number of hydrogen-bond acceptors (Lipinski definition) is 5. The number of carbonyl (C=O) groups excluding carboxylic acids is 3. The molecule has 0 spiro atoms. The molecule has 1 N–H and O–H groups in total. The summed E-state index contributed by atoms with van der Waals surface area (Å²) < 4.78 is 36.6. The van der Waals surface area contributed by atoms with Gasteiger partial charge >= 0.3 is 5.97 Å². The predicted molar refractivity (Wildman–Crippen MR) is 145 cm³/mol. The van der Waals surface area contributed by atoms with Gasteiger partial charge in [-0.15, -0.1) is 0 Å². The molecule has 2 amide bonds. The first kappa shape index (κ1) is 27.8. The third kappa shape index (κ3) is 5.45. The highest BCUT2D eigenvalue weighted by Crippen LogP contribution is 2.33. The number of esters is 1. The van der Waals surface area contributed by atoms with Gasteiger partial charge in [0.2, 0.25) is 11.8 Å². The number of benzene rings is 2. The highest BCUT2D eigenvalue weighted by atomic mass is 35.5. The number of likely N-dealkylation sites (tertiary alicyclic amines) is 1. The Morgan fingerprint density at radius 2 is 1.85 bits per heavy atom. The van der Waals surface area contributed by atoms with Crippen LogP contribution in [0.4, 0.5) is 14.5 Å². The summed E-state index contributed by atoms with van der Waals surface area (Å²) in [6.07, 6.45) is 1.44. The molecule has 40 heavy (non-hydrogen) atoms. The lowest BCUT2D eigenvalue weighted by Crippen LogP contribution is -2.44. The van der Waals surface area contributed by atoms with E-state index in [1.165, 1.54) is 10.7 Å². The number of nitrogens with one attached hydrogen (secondary N) is 1. The fourth-order valence-electron chi connectivity index (χ4n) is 5.43. The van der Waals surface area contributed by atoms with E-state index in [4.69, 9.17) is 16.3 Å². The van der Waals surface area contributed by atoms with E-state index in [-0.39, 0.29) is 43.1 Å². The number of fused-ring (bicyclic) bond motifs is 1. The Morgan fingerprint density at radius 3 is 2.62 bits per heavy atom. The van der Waals surface area contributed by atoms with Gasteiger partial charge in [0, 0.05) is 33.8 Å². The number of hydrogen-bond donors (Lipinski definition) is 1.